The van der Waals surface area contributed by atoms with E-state index in [-0.39, 0.29) is 12.3 Å². The molecular weight excluding hydrogens is 344 g/mol. The van der Waals surface area contributed by atoms with Gasteiger partial charge >= 0.3 is 11.8 Å². The second-order valence-corrected chi connectivity index (χ2v) is 6.53. The summed E-state index contributed by atoms with van der Waals surface area (Å²) in [5.41, 5.74) is 3.22. The molecule has 0 aromatic heterocycles. The lowest BCUT2D eigenvalue weighted by Crippen LogP contribution is -2.34. The normalized spacial score (nSPS) is 14.3. The fraction of sp³-hybridized carbons (Fsp3) is 0.300. The zero-order valence-electron chi connectivity index (χ0n) is 15.2. The molecule has 0 saturated carbocycles. The summed E-state index contributed by atoms with van der Waals surface area (Å²) in [7, 11) is 0. The van der Waals surface area contributed by atoms with Gasteiger partial charge in [0, 0.05) is 29.9 Å². The Morgan fingerprint density at radius 2 is 1.70 bits per heavy atom. The lowest BCUT2D eigenvalue weighted by Gasteiger charge is -2.14. The van der Waals surface area contributed by atoms with Crippen molar-refractivity contribution in [3.8, 4) is 0 Å². The van der Waals surface area contributed by atoms with Crippen molar-refractivity contribution < 1.29 is 14.4 Å². The molecule has 0 bridgehead atoms. The van der Waals surface area contributed by atoms with Gasteiger partial charge in [-0.05, 0) is 31.2 Å². The molecule has 1 fully saturated rings. The largest absolute Gasteiger partial charge is 0.342 e. The van der Waals surface area contributed by atoms with Gasteiger partial charge in [0.05, 0.1) is 6.42 Å². The molecule has 0 aliphatic carbocycles. The molecule has 3 amide bonds. The Labute approximate surface area is 157 Å². The number of fused-ring (bicyclic) bond motifs is 1. The van der Waals surface area contributed by atoms with Crippen molar-refractivity contribution in [3.63, 3.8) is 0 Å². The van der Waals surface area contributed by atoms with Crippen molar-refractivity contribution in [2.45, 2.75) is 26.2 Å². The monoisotopic (exact) mass is 366 g/mol. The van der Waals surface area contributed by atoms with E-state index in [9.17, 15) is 14.4 Å². The second-order valence-electron chi connectivity index (χ2n) is 6.53. The van der Waals surface area contributed by atoms with Crippen LogP contribution in [-0.4, -0.2) is 41.4 Å². The molecule has 140 valence electrons. The first-order valence-corrected chi connectivity index (χ1v) is 8.94. The quantitative estimate of drug-likeness (QED) is 0.494. The van der Waals surface area contributed by atoms with Gasteiger partial charge in [-0.3, -0.25) is 14.4 Å². The lowest BCUT2D eigenvalue weighted by molar-refractivity contribution is -0.136. The molecular formula is C20H22N4O3. The molecule has 7 nitrogen and oxygen atoms in total. The van der Waals surface area contributed by atoms with Crippen molar-refractivity contribution in [1.82, 2.24) is 10.3 Å². The number of rotatable bonds is 4. The van der Waals surface area contributed by atoms with Crippen LogP contribution < -0.4 is 10.7 Å². The van der Waals surface area contributed by atoms with Gasteiger partial charge in [0.25, 0.3) is 0 Å². The number of carbonyl (C=O) groups is 3. The first-order valence-electron chi connectivity index (χ1n) is 8.94. The topological polar surface area (TPSA) is 90.9 Å². The number of benzene rings is 2. The molecule has 1 saturated heterocycles. The number of hydrogen-bond acceptors (Lipinski definition) is 4. The minimum Gasteiger partial charge on any atom is -0.342 e. The van der Waals surface area contributed by atoms with Crippen LogP contribution in [0.5, 0.6) is 0 Å². The third kappa shape index (κ3) is 4.69. The van der Waals surface area contributed by atoms with E-state index < -0.39 is 11.8 Å². The average Bonchev–Trinajstić information content (AvgIpc) is 3.21. The fourth-order valence-corrected chi connectivity index (χ4v) is 3.05. The molecule has 0 spiro atoms. The van der Waals surface area contributed by atoms with Crippen LogP contribution in [0.3, 0.4) is 0 Å². The SMILES string of the molecule is C/C(CC(=O)N1CCCC1)=N\NC(=O)C(=O)Nc1cccc2ccccc12. The van der Waals surface area contributed by atoms with Crippen LogP contribution >= 0.6 is 0 Å². The van der Waals surface area contributed by atoms with Crippen LogP contribution in [0.15, 0.2) is 47.6 Å². The van der Waals surface area contributed by atoms with Crippen LogP contribution in [0.2, 0.25) is 0 Å². The minimum atomic E-state index is -0.879. The molecule has 3 rings (SSSR count). The minimum absolute atomic E-state index is 0.0109. The highest BCUT2D eigenvalue weighted by Crippen LogP contribution is 2.22. The van der Waals surface area contributed by atoms with Gasteiger partial charge in [-0.25, -0.2) is 5.43 Å². The Kier molecular flexibility index (Phi) is 5.80. The Bertz CT molecular complexity index is 896. The van der Waals surface area contributed by atoms with E-state index in [4.69, 9.17) is 0 Å². The maximum Gasteiger partial charge on any atom is 0.329 e. The number of nitrogens with one attached hydrogen (secondary N) is 2. The van der Waals surface area contributed by atoms with E-state index in [0.29, 0.717) is 11.4 Å². The maximum atomic E-state index is 12.1. The molecule has 0 atom stereocenters. The Hall–Kier alpha value is -3.22. The summed E-state index contributed by atoms with van der Waals surface area (Å²) in [6.45, 7) is 3.19. The maximum absolute atomic E-state index is 12.1. The summed E-state index contributed by atoms with van der Waals surface area (Å²) in [6, 6.07) is 13.0. The average molecular weight is 366 g/mol. The molecule has 1 heterocycles. The molecule has 2 aromatic rings. The van der Waals surface area contributed by atoms with E-state index in [0.717, 1.165) is 36.7 Å². The van der Waals surface area contributed by atoms with Gasteiger partial charge in [-0.2, -0.15) is 5.10 Å². The molecule has 2 aromatic carbocycles. The number of hydrogen-bond donors (Lipinski definition) is 2. The Morgan fingerprint density at radius 3 is 2.48 bits per heavy atom. The molecule has 0 unspecified atom stereocenters. The Balaban J connectivity index is 1.57. The summed E-state index contributed by atoms with van der Waals surface area (Å²) >= 11 is 0. The van der Waals surface area contributed by atoms with Gasteiger partial charge in [0.15, 0.2) is 0 Å². The number of anilines is 1. The third-order valence-corrected chi connectivity index (χ3v) is 4.46. The number of hydrazone groups is 1. The van der Waals surface area contributed by atoms with Crippen molar-refractivity contribution in [3.05, 3.63) is 42.5 Å². The van der Waals surface area contributed by atoms with E-state index in [1.165, 1.54) is 0 Å². The van der Waals surface area contributed by atoms with Crippen LogP contribution in [0.4, 0.5) is 5.69 Å². The first kappa shape index (κ1) is 18.6. The highest BCUT2D eigenvalue weighted by Gasteiger charge is 2.19. The molecule has 2 N–H and O–H groups in total. The van der Waals surface area contributed by atoms with Gasteiger partial charge in [-0.15, -0.1) is 0 Å². The van der Waals surface area contributed by atoms with Crippen LogP contribution in [0.1, 0.15) is 26.2 Å². The second kappa shape index (κ2) is 8.44. The van der Waals surface area contributed by atoms with Crippen LogP contribution in [0.25, 0.3) is 10.8 Å². The van der Waals surface area contributed by atoms with Crippen molar-refractivity contribution in [1.29, 1.82) is 0 Å². The van der Waals surface area contributed by atoms with Crippen LogP contribution in [-0.2, 0) is 14.4 Å². The standard InChI is InChI=1S/C20H22N4O3/c1-14(13-18(25)24-11-4-5-12-24)22-23-20(27)19(26)21-17-10-6-8-15-7-2-3-9-16(15)17/h2-3,6-10H,4-5,11-13H2,1H3,(H,21,26)(H,23,27)/b22-14+. The summed E-state index contributed by atoms with van der Waals surface area (Å²) in [5, 5.41) is 8.28. The molecule has 1 aliphatic heterocycles. The highest BCUT2D eigenvalue weighted by atomic mass is 16.2. The zero-order chi connectivity index (χ0) is 19.2. The van der Waals surface area contributed by atoms with E-state index in [2.05, 4.69) is 15.8 Å². The van der Waals surface area contributed by atoms with Crippen molar-refractivity contribution >= 4 is 39.9 Å². The number of carbonyl (C=O) groups excluding carboxylic acids is 3. The molecule has 1 aliphatic rings. The third-order valence-electron chi connectivity index (χ3n) is 4.46. The van der Waals surface area contributed by atoms with E-state index >= 15 is 0 Å². The van der Waals surface area contributed by atoms with Crippen LogP contribution in [0, 0.1) is 0 Å². The van der Waals surface area contributed by atoms with Gasteiger partial charge in [-0.1, -0.05) is 36.4 Å². The summed E-state index contributed by atoms with van der Waals surface area (Å²) in [5.74, 6) is -1.70. The van der Waals surface area contributed by atoms with Gasteiger partial charge in [0.1, 0.15) is 0 Å². The number of amides is 3. The van der Waals surface area contributed by atoms with E-state index in [1.807, 2.05) is 36.4 Å². The molecule has 7 heteroatoms. The molecule has 27 heavy (non-hydrogen) atoms. The predicted octanol–water partition coefficient (Wildman–Crippen LogP) is 2.28. The van der Waals surface area contributed by atoms with Gasteiger partial charge < -0.3 is 10.2 Å². The number of likely N-dealkylation sites (tertiary alicyclic amines) is 1. The summed E-state index contributed by atoms with van der Waals surface area (Å²) in [6.07, 6.45) is 2.17. The van der Waals surface area contributed by atoms with E-state index in [1.54, 1.807) is 17.9 Å². The summed E-state index contributed by atoms with van der Waals surface area (Å²) < 4.78 is 0. The smallest absolute Gasteiger partial charge is 0.329 e. The Morgan fingerprint density at radius 1 is 1.00 bits per heavy atom. The lowest BCUT2D eigenvalue weighted by atomic mass is 10.1. The van der Waals surface area contributed by atoms with Crippen molar-refractivity contribution in [2.24, 2.45) is 5.10 Å². The molecule has 0 radical (unpaired) electrons. The highest BCUT2D eigenvalue weighted by molar-refractivity contribution is 6.40. The predicted molar refractivity (Wildman–Crippen MR) is 104 cm³/mol. The van der Waals surface area contributed by atoms with Crippen molar-refractivity contribution in [2.75, 3.05) is 18.4 Å². The fourth-order valence-electron chi connectivity index (χ4n) is 3.05. The number of nitrogens with zero attached hydrogens (tertiary/aromatic N) is 2. The summed E-state index contributed by atoms with van der Waals surface area (Å²) in [4.78, 5) is 38.0. The zero-order valence-corrected chi connectivity index (χ0v) is 15.2. The van der Waals surface area contributed by atoms with Gasteiger partial charge in [0.2, 0.25) is 5.91 Å². The first-order chi connectivity index (χ1) is 13.0.